The van der Waals surface area contributed by atoms with Crippen LogP contribution in [0.1, 0.15) is 35.3 Å². The number of carbonyl (C=O) groups is 2. The van der Waals surface area contributed by atoms with Crippen LogP contribution in [0, 0.1) is 10.1 Å². The molecule has 23 heavy (non-hydrogen) atoms. The maximum atomic E-state index is 12.4. The second-order valence-corrected chi connectivity index (χ2v) is 5.10. The largest absolute Gasteiger partial charge is 0.349 e. The average Bonchev–Trinajstić information content (AvgIpc) is 2.54. The minimum Gasteiger partial charge on any atom is -0.349 e. The zero-order chi connectivity index (χ0) is 16.8. The van der Waals surface area contributed by atoms with E-state index < -0.39 is 11.0 Å². The number of hydrogen-bond acceptors (Lipinski definition) is 4. The van der Waals surface area contributed by atoms with Gasteiger partial charge in [-0.3, -0.25) is 19.7 Å². The fourth-order valence-electron chi connectivity index (χ4n) is 2.26. The molecular formula is C17H16N2O4. The van der Waals surface area contributed by atoms with E-state index in [0.717, 1.165) is 5.56 Å². The number of benzene rings is 2. The topological polar surface area (TPSA) is 89.3 Å². The van der Waals surface area contributed by atoms with Gasteiger partial charge < -0.3 is 5.32 Å². The molecule has 0 bridgehead atoms. The van der Waals surface area contributed by atoms with Gasteiger partial charge in [-0.1, -0.05) is 30.3 Å². The number of nitro benzene ring substituents is 1. The van der Waals surface area contributed by atoms with Crippen molar-refractivity contribution in [1.82, 2.24) is 5.32 Å². The van der Waals surface area contributed by atoms with Crippen LogP contribution in [0.15, 0.2) is 54.6 Å². The minimum atomic E-state index is -0.516. The summed E-state index contributed by atoms with van der Waals surface area (Å²) in [6.07, 6.45) is 0.0847. The van der Waals surface area contributed by atoms with Gasteiger partial charge >= 0.3 is 0 Å². The van der Waals surface area contributed by atoms with Crippen molar-refractivity contribution in [3.63, 3.8) is 0 Å². The fraction of sp³-hybridized carbons (Fsp3) is 0.176. The number of rotatable bonds is 6. The third-order valence-corrected chi connectivity index (χ3v) is 3.37. The van der Waals surface area contributed by atoms with E-state index in [-0.39, 0.29) is 23.8 Å². The van der Waals surface area contributed by atoms with Crippen molar-refractivity contribution in [2.75, 3.05) is 0 Å². The Kier molecular flexibility index (Phi) is 5.19. The van der Waals surface area contributed by atoms with Crippen LogP contribution in [0.5, 0.6) is 0 Å². The fourth-order valence-corrected chi connectivity index (χ4v) is 2.26. The summed E-state index contributed by atoms with van der Waals surface area (Å²) >= 11 is 0. The highest BCUT2D eigenvalue weighted by Crippen LogP contribution is 2.20. The maximum Gasteiger partial charge on any atom is 0.269 e. The summed E-state index contributed by atoms with van der Waals surface area (Å²) < 4.78 is 0. The lowest BCUT2D eigenvalue weighted by molar-refractivity contribution is -0.384. The summed E-state index contributed by atoms with van der Waals surface area (Å²) in [5, 5.41) is 13.4. The van der Waals surface area contributed by atoms with Crippen molar-refractivity contribution in [3.05, 3.63) is 75.8 Å². The van der Waals surface area contributed by atoms with Crippen LogP contribution in [-0.2, 0) is 4.79 Å². The van der Waals surface area contributed by atoms with Crippen molar-refractivity contribution in [1.29, 1.82) is 0 Å². The number of ketones is 1. The van der Waals surface area contributed by atoms with E-state index in [1.807, 2.05) is 30.3 Å². The molecular weight excluding hydrogens is 296 g/mol. The normalized spacial score (nSPS) is 11.5. The number of non-ortho nitro benzene ring substituents is 1. The number of amides is 1. The molecule has 1 atom stereocenters. The Morgan fingerprint density at radius 2 is 1.70 bits per heavy atom. The van der Waals surface area contributed by atoms with E-state index in [9.17, 15) is 19.7 Å². The number of carbonyl (C=O) groups excluding carboxylic acids is 2. The first-order chi connectivity index (χ1) is 11.0. The van der Waals surface area contributed by atoms with E-state index in [4.69, 9.17) is 0 Å². The summed E-state index contributed by atoms with van der Waals surface area (Å²) in [5.41, 5.74) is 1.14. The summed E-state index contributed by atoms with van der Waals surface area (Å²) in [6, 6.07) is 14.2. The van der Waals surface area contributed by atoms with E-state index in [0.29, 0.717) is 5.56 Å². The predicted octanol–water partition coefficient (Wildman–Crippen LogP) is 3.05. The minimum absolute atomic E-state index is 0.0666. The van der Waals surface area contributed by atoms with Crippen molar-refractivity contribution in [2.24, 2.45) is 0 Å². The molecule has 0 radical (unpaired) electrons. The molecule has 0 heterocycles. The van der Waals surface area contributed by atoms with Crippen molar-refractivity contribution in [3.8, 4) is 0 Å². The number of nitro groups is 1. The van der Waals surface area contributed by atoms with Gasteiger partial charge in [0.25, 0.3) is 5.69 Å². The molecule has 2 aromatic carbocycles. The molecule has 2 rings (SSSR count). The Morgan fingerprint density at radius 1 is 1.09 bits per heavy atom. The van der Waals surface area contributed by atoms with E-state index in [2.05, 4.69) is 5.32 Å². The second kappa shape index (κ2) is 7.31. The van der Waals surface area contributed by atoms with E-state index in [1.165, 1.54) is 31.2 Å². The summed E-state index contributed by atoms with van der Waals surface area (Å²) in [4.78, 5) is 33.9. The lowest BCUT2D eigenvalue weighted by Crippen LogP contribution is -2.28. The number of nitrogens with zero attached hydrogens (tertiary/aromatic N) is 1. The van der Waals surface area contributed by atoms with Crippen LogP contribution in [0.2, 0.25) is 0 Å². The summed E-state index contributed by atoms with van der Waals surface area (Å²) in [6.45, 7) is 1.40. The third kappa shape index (κ3) is 4.47. The number of Topliss-reactive ketones (excluding diaryl/α,β-unsaturated/α-hetero) is 1. The lowest BCUT2D eigenvalue weighted by atomic mass is 9.97. The molecule has 1 amide bonds. The molecule has 0 saturated carbocycles. The van der Waals surface area contributed by atoms with Gasteiger partial charge in [0.1, 0.15) is 0 Å². The maximum absolute atomic E-state index is 12.4. The van der Waals surface area contributed by atoms with Gasteiger partial charge in [-0.05, 0) is 17.7 Å². The van der Waals surface area contributed by atoms with Crippen LogP contribution in [0.4, 0.5) is 5.69 Å². The van der Waals surface area contributed by atoms with E-state index in [1.54, 1.807) is 0 Å². The van der Waals surface area contributed by atoms with Crippen LogP contribution >= 0.6 is 0 Å². The SMILES string of the molecule is CC(=O)N[C@@H](CC(=O)c1ccc([N+](=O)[O-])cc1)c1ccccc1. The zero-order valence-electron chi connectivity index (χ0n) is 12.6. The quantitative estimate of drug-likeness (QED) is 0.504. The Balaban J connectivity index is 2.17. The summed E-state index contributed by atoms with van der Waals surface area (Å²) in [5.74, 6) is -0.419. The molecule has 0 unspecified atom stereocenters. The molecule has 0 fully saturated rings. The first kappa shape index (κ1) is 16.4. The third-order valence-electron chi connectivity index (χ3n) is 3.37. The molecule has 118 valence electrons. The van der Waals surface area contributed by atoms with Crippen LogP contribution in [-0.4, -0.2) is 16.6 Å². The molecule has 0 aliphatic heterocycles. The standard InChI is InChI=1S/C17H16N2O4/c1-12(20)18-16(13-5-3-2-4-6-13)11-17(21)14-7-9-15(10-8-14)19(22)23/h2-10,16H,11H2,1H3,(H,18,20)/t16-/m0/s1. The average molecular weight is 312 g/mol. The Morgan fingerprint density at radius 3 is 2.22 bits per heavy atom. The lowest BCUT2D eigenvalue weighted by Gasteiger charge is -2.17. The van der Waals surface area contributed by atoms with Gasteiger partial charge in [0.15, 0.2) is 5.78 Å². The van der Waals surface area contributed by atoms with Gasteiger partial charge in [-0.25, -0.2) is 0 Å². The van der Waals surface area contributed by atoms with Gasteiger partial charge in [-0.15, -0.1) is 0 Å². The monoisotopic (exact) mass is 312 g/mol. The molecule has 0 aliphatic carbocycles. The van der Waals surface area contributed by atoms with Gasteiger partial charge in [-0.2, -0.15) is 0 Å². The first-order valence-corrected chi connectivity index (χ1v) is 7.07. The predicted molar refractivity (Wildman–Crippen MR) is 85.0 cm³/mol. The van der Waals surface area contributed by atoms with Gasteiger partial charge in [0, 0.05) is 31.0 Å². The van der Waals surface area contributed by atoms with Crippen LogP contribution < -0.4 is 5.32 Å². The molecule has 1 N–H and O–H groups in total. The molecule has 2 aromatic rings. The molecule has 0 spiro atoms. The van der Waals surface area contributed by atoms with Crippen molar-refractivity contribution >= 4 is 17.4 Å². The van der Waals surface area contributed by atoms with Crippen LogP contribution in [0.3, 0.4) is 0 Å². The molecule has 0 aromatic heterocycles. The smallest absolute Gasteiger partial charge is 0.269 e. The Hall–Kier alpha value is -3.02. The summed E-state index contributed by atoms with van der Waals surface area (Å²) in [7, 11) is 0. The highest BCUT2D eigenvalue weighted by molar-refractivity contribution is 5.97. The van der Waals surface area contributed by atoms with Crippen LogP contribution in [0.25, 0.3) is 0 Å². The highest BCUT2D eigenvalue weighted by Gasteiger charge is 2.18. The van der Waals surface area contributed by atoms with Gasteiger partial charge in [0.2, 0.25) is 5.91 Å². The van der Waals surface area contributed by atoms with Gasteiger partial charge in [0.05, 0.1) is 11.0 Å². The van der Waals surface area contributed by atoms with Crippen molar-refractivity contribution in [2.45, 2.75) is 19.4 Å². The highest BCUT2D eigenvalue weighted by atomic mass is 16.6. The Labute approximate surface area is 133 Å². The van der Waals surface area contributed by atoms with E-state index >= 15 is 0 Å². The molecule has 6 heteroatoms. The van der Waals surface area contributed by atoms with Crippen molar-refractivity contribution < 1.29 is 14.5 Å². The molecule has 6 nitrogen and oxygen atoms in total. The Bertz CT molecular complexity index is 711. The molecule has 0 saturated heterocycles. The second-order valence-electron chi connectivity index (χ2n) is 5.10. The number of hydrogen-bond donors (Lipinski definition) is 1. The zero-order valence-corrected chi connectivity index (χ0v) is 12.6. The number of nitrogens with one attached hydrogen (secondary N) is 1. The first-order valence-electron chi connectivity index (χ1n) is 7.07. The molecule has 0 aliphatic rings.